The maximum Gasteiger partial charge on any atom is 0.321 e. The second-order valence-corrected chi connectivity index (χ2v) is 7.58. The van der Waals surface area contributed by atoms with E-state index in [0.29, 0.717) is 36.2 Å². The molecule has 8 heteroatoms. The first-order chi connectivity index (χ1) is 15.0. The molecule has 0 aliphatic carbocycles. The quantitative estimate of drug-likeness (QED) is 0.565. The Hall–Kier alpha value is -3.81. The molecule has 8 nitrogen and oxygen atoms in total. The van der Waals surface area contributed by atoms with Crippen LogP contribution in [0, 0.1) is 12.8 Å². The van der Waals surface area contributed by atoms with Gasteiger partial charge in [0.2, 0.25) is 5.91 Å². The average Bonchev–Trinajstić information content (AvgIpc) is 3.15. The third-order valence-corrected chi connectivity index (χ3v) is 5.45. The molecule has 2 heterocycles. The molecule has 0 saturated carbocycles. The number of hydrogen-bond acceptors (Lipinski definition) is 4. The zero-order valence-corrected chi connectivity index (χ0v) is 17.2. The summed E-state index contributed by atoms with van der Waals surface area (Å²) in [6.45, 7) is 2.66. The minimum Gasteiger partial charge on any atom is -0.451 e. The van der Waals surface area contributed by atoms with E-state index < -0.39 is 11.8 Å². The van der Waals surface area contributed by atoms with E-state index >= 15 is 0 Å². The van der Waals surface area contributed by atoms with Crippen molar-refractivity contribution >= 4 is 34.5 Å². The highest BCUT2D eigenvalue weighted by Crippen LogP contribution is 2.24. The summed E-state index contributed by atoms with van der Waals surface area (Å²) in [6.07, 6.45) is 1.34. The van der Waals surface area contributed by atoms with Crippen molar-refractivity contribution in [1.82, 2.24) is 15.8 Å². The zero-order valence-electron chi connectivity index (χ0n) is 17.2. The highest BCUT2D eigenvalue weighted by molar-refractivity contribution is 5.99. The van der Waals surface area contributed by atoms with Crippen LogP contribution in [-0.4, -0.2) is 35.8 Å². The first-order valence-corrected chi connectivity index (χ1v) is 10.2. The van der Waals surface area contributed by atoms with Gasteiger partial charge in [-0.05, 0) is 38.0 Å². The first-order valence-electron chi connectivity index (χ1n) is 10.2. The van der Waals surface area contributed by atoms with E-state index in [1.807, 2.05) is 48.5 Å². The number of furan rings is 1. The molecule has 1 atom stereocenters. The van der Waals surface area contributed by atoms with E-state index in [1.54, 1.807) is 17.9 Å². The number of para-hydroxylation sites is 2. The Morgan fingerprint density at radius 2 is 1.74 bits per heavy atom. The molecular weight excluding hydrogens is 396 g/mol. The number of piperidine rings is 1. The highest BCUT2D eigenvalue weighted by atomic mass is 16.3. The van der Waals surface area contributed by atoms with Gasteiger partial charge in [-0.25, -0.2) is 4.79 Å². The molecule has 31 heavy (non-hydrogen) atoms. The Morgan fingerprint density at radius 1 is 1.00 bits per heavy atom. The summed E-state index contributed by atoms with van der Waals surface area (Å²) in [6, 6.07) is 16.3. The van der Waals surface area contributed by atoms with E-state index in [-0.39, 0.29) is 24.2 Å². The molecular formula is C23H24N4O4. The number of anilines is 1. The SMILES string of the molecule is Cc1c(C(=O)NNC(=O)C2CCCN(C(=O)Nc3ccccc3)C2)oc2ccccc12. The molecule has 1 saturated heterocycles. The fourth-order valence-corrected chi connectivity index (χ4v) is 3.77. The van der Waals surface area contributed by atoms with Crippen molar-refractivity contribution in [3.8, 4) is 0 Å². The number of nitrogens with one attached hydrogen (secondary N) is 3. The van der Waals surface area contributed by atoms with Crippen molar-refractivity contribution in [2.75, 3.05) is 18.4 Å². The van der Waals surface area contributed by atoms with Crippen molar-refractivity contribution in [2.24, 2.45) is 5.92 Å². The number of rotatable bonds is 3. The summed E-state index contributed by atoms with van der Waals surface area (Å²) >= 11 is 0. The number of aryl methyl sites for hydroxylation is 1. The number of amides is 4. The molecule has 2 aromatic carbocycles. The van der Waals surface area contributed by atoms with Gasteiger partial charge in [0.1, 0.15) is 5.58 Å². The van der Waals surface area contributed by atoms with Gasteiger partial charge in [0.15, 0.2) is 5.76 Å². The zero-order chi connectivity index (χ0) is 21.8. The monoisotopic (exact) mass is 420 g/mol. The fraction of sp³-hybridized carbons (Fsp3) is 0.261. The van der Waals surface area contributed by atoms with Gasteiger partial charge in [-0.3, -0.25) is 20.4 Å². The van der Waals surface area contributed by atoms with Crippen LogP contribution in [0.4, 0.5) is 10.5 Å². The van der Waals surface area contributed by atoms with Crippen LogP contribution in [0.1, 0.15) is 29.0 Å². The number of benzene rings is 2. The van der Waals surface area contributed by atoms with E-state index in [9.17, 15) is 14.4 Å². The lowest BCUT2D eigenvalue weighted by molar-refractivity contribution is -0.127. The number of hydrazine groups is 1. The Kier molecular flexibility index (Phi) is 5.88. The molecule has 160 valence electrons. The number of fused-ring (bicyclic) bond motifs is 1. The van der Waals surface area contributed by atoms with Crippen molar-refractivity contribution in [2.45, 2.75) is 19.8 Å². The van der Waals surface area contributed by atoms with Crippen LogP contribution in [0.5, 0.6) is 0 Å². The van der Waals surface area contributed by atoms with Gasteiger partial charge in [0, 0.05) is 29.7 Å². The molecule has 1 unspecified atom stereocenters. The van der Waals surface area contributed by atoms with E-state index in [4.69, 9.17) is 4.42 Å². The molecule has 3 N–H and O–H groups in total. The molecule has 4 amide bonds. The lowest BCUT2D eigenvalue weighted by Crippen LogP contribution is -2.50. The summed E-state index contributed by atoms with van der Waals surface area (Å²) in [4.78, 5) is 39.2. The molecule has 1 aliphatic heterocycles. The highest BCUT2D eigenvalue weighted by Gasteiger charge is 2.29. The maximum absolute atomic E-state index is 12.6. The van der Waals surface area contributed by atoms with Gasteiger partial charge >= 0.3 is 11.9 Å². The van der Waals surface area contributed by atoms with Gasteiger partial charge in [-0.1, -0.05) is 36.4 Å². The van der Waals surface area contributed by atoms with E-state index in [2.05, 4.69) is 16.2 Å². The van der Waals surface area contributed by atoms with Crippen LogP contribution in [0.25, 0.3) is 11.0 Å². The van der Waals surface area contributed by atoms with Gasteiger partial charge < -0.3 is 14.6 Å². The molecule has 0 spiro atoms. The largest absolute Gasteiger partial charge is 0.451 e. The molecule has 4 rings (SSSR count). The normalized spacial score (nSPS) is 16.0. The first kappa shape index (κ1) is 20.5. The number of nitrogens with zero attached hydrogens (tertiary/aromatic N) is 1. The predicted octanol–water partition coefficient (Wildman–Crippen LogP) is 3.45. The molecule has 1 aliphatic rings. The number of urea groups is 1. The van der Waals surface area contributed by atoms with Gasteiger partial charge in [0.05, 0.1) is 5.92 Å². The van der Waals surface area contributed by atoms with Crippen LogP contribution in [0.15, 0.2) is 59.0 Å². The summed E-state index contributed by atoms with van der Waals surface area (Å²) in [7, 11) is 0. The van der Waals surface area contributed by atoms with Gasteiger partial charge in [0.25, 0.3) is 0 Å². The lowest BCUT2D eigenvalue weighted by Gasteiger charge is -2.32. The van der Waals surface area contributed by atoms with Crippen LogP contribution in [0.2, 0.25) is 0 Å². The number of hydrogen-bond donors (Lipinski definition) is 3. The Bertz CT molecular complexity index is 1110. The van der Waals surface area contributed by atoms with E-state index in [1.165, 1.54) is 0 Å². The van der Waals surface area contributed by atoms with Crippen molar-refractivity contribution in [3.05, 3.63) is 65.9 Å². The number of likely N-dealkylation sites (tertiary alicyclic amines) is 1. The van der Waals surface area contributed by atoms with Crippen molar-refractivity contribution < 1.29 is 18.8 Å². The van der Waals surface area contributed by atoms with Crippen LogP contribution < -0.4 is 16.2 Å². The third-order valence-electron chi connectivity index (χ3n) is 5.45. The van der Waals surface area contributed by atoms with Gasteiger partial charge in [-0.2, -0.15) is 0 Å². The maximum atomic E-state index is 12.6. The standard InChI is InChI=1S/C23H24N4O4/c1-15-18-11-5-6-12-19(18)31-20(15)22(29)26-25-21(28)16-8-7-13-27(14-16)23(30)24-17-9-3-2-4-10-17/h2-6,9-12,16H,7-8,13-14H2,1H3,(H,24,30)(H,25,28)(H,26,29). The van der Waals surface area contributed by atoms with Crippen LogP contribution in [-0.2, 0) is 4.79 Å². The second kappa shape index (κ2) is 8.91. The third kappa shape index (κ3) is 4.53. The molecule has 0 bridgehead atoms. The summed E-state index contributed by atoms with van der Waals surface area (Å²) < 4.78 is 5.62. The molecule has 3 aromatic rings. The van der Waals surface area contributed by atoms with E-state index in [0.717, 1.165) is 5.39 Å². The summed E-state index contributed by atoms with van der Waals surface area (Å²) in [5.41, 5.74) is 6.93. The smallest absolute Gasteiger partial charge is 0.321 e. The number of carbonyl (C=O) groups excluding carboxylic acids is 3. The van der Waals surface area contributed by atoms with Crippen LogP contribution >= 0.6 is 0 Å². The van der Waals surface area contributed by atoms with Crippen LogP contribution in [0.3, 0.4) is 0 Å². The van der Waals surface area contributed by atoms with Crippen molar-refractivity contribution in [3.63, 3.8) is 0 Å². The second-order valence-electron chi connectivity index (χ2n) is 7.58. The predicted molar refractivity (Wildman–Crippen MR) is 116 cm³/mol. The molecule has 1 aromatic heterocycles. The summed E-state index contributed by atoms with van der Waals surface area (Å²) in [5, 5.41) is 3.69. The Morgan fingerprint density at radius 3 is 2.52 bits per heavy atom. The number of carbonyl (C=O) groups is 3. The molecule has 0 radical (unpaired) electrons. The average molecular weight is 420 g/mol. The minimum absolute atomic E-state index is 0.161. The fourth-order valence-electron chi connectivity index (χ4n) is 3.77. The Labute approximate surface area is 179 Å². The minimum atomic E-state index is -0.517. The molecule has 1 fully saturated rings. The van der Waals surface area contributed by atoms with Gasteiger partial charge in [-0.15, -0.1) is 0 Å². The topological polar surface area (TPSA) is 104 Å². The van der Waals surface area contributed by atoms with Crippen molar-refractivity contribution in [1.29, 1.82) is 0 Å². The Balaban J connectivity index is 1.33. The lowest BCUT2D eigenvalue weighted by atomic mass is 9.98. The summed E-state index contributed by atoms with van der Waals surface area (Å²) in [5.74, 6) is -1.10.